The fraction of sp³-hybridized carbons (Fsp3) is 0.333. The molecule has 0 bridgehead atoms. The number of aromatic nitrogens is 2. The topological polar surface area (TPSA) is 127 Å². The second-order valence-electron chi connectivity index (χ2n) is 8.29. The summed E-state index contributed by atoms with van der Waals surface area (Å²) in [6, 6.07) is 8.22. The summed E-state index contributed by atoms with van der Waals surface area (Å²) in [5, 5.41) is 15.1. The largest absolute Gasteiger partial charge is 0.369 e. The van der Waals surface area contributed by atoms with Gasteiger partial charge in [0, 0.05) is 43.7 Å². The highest BCUT2D eigenvalue weighted by Crippen LogP contribution is 2.38. The van der Waals surface area contributed by atoms with Crippen LogP contribution in [0.2, 0.25) is 5.02 Å². The number of nitrogens with zero attached hydrogens (tertiary/aromatic N) is 4. The van der Waals surface area contributed by atoms with Crippen molar-refractivity contribution in [1.29, 1.82) is 0 Å². The molecule has 4 rings (SSSR count). The van der Waals surface area contributed by atoms with Gasteiger partial charge in [-0.15, -0.1) is 10.2 Å². The van der Waals surface area contributed by atoms with Gasteiger partial charge in [0.1, 0.15) is 15.8 Å². The smallest absolute Gasteiger partial charge is 0.242 e. The number of halogens is 2. The lowest BCUT2D eigenvalue weighted by atomic mass is 9.97. The van der Waals surface area contributed by atoms with Crippen molar-refractivity contribution < 1.29 is 21.2 Å². The Morgan fingerprint density at radius 3 is 2.37 bits per heavy atom. The molecular weight excluding hydrogens is 537 g/mol. The highest BCUT2D eigenvalue weighted by Gasteiger charge is 2.28. The molecule has 2 aromatic carbocycles. The Balaban J connectivity index is 1.61. The van der Waals surface area contributed by atoms with E-state index in [2.05, 4.69) is 10.2 Å². The number of hydrogen-bond acceptors (Lipinski definition) is 8. The van der Waals surface area contributed by atoms with E-state index in [-0.39, 0.29) is 32.1 Å². The monoisotopic (exact) mass is 559 g/mol. The molecule has 0 radical (unpaired) electrons. The minimum absolute atomic E-state index is 0.0412. The standard InChI is InChI=1S/C21H23ClFN5O4S3/c1-27(2)35(31,32)15-4-6-19(34(24,29)30)16(12-15)21-26-25-20(33-21)13-7-9-28(10-8-13)18-5-3-14(22)11-17(18)23/h3-6,11-13H,7-10H2,1-2H3,(H2,24,29,30). The number of anilines is 1. The van der Waals surface area contributed by atoms with Gasteiger partial charge in [0.15, 0.2) is 0 Å². The number of piperidine rings is 1. The third kappa shape index (κ3) is 5.34. The first-order chi connectivity index (χ1) is 16.4. The van der Waals surface area contributed by atoms with E-state index < -0.39 is 20.0 Å². The van der Waals surface area contributed by atoms with Crippen molar-refractivity contribution in [3.8, 4) is 10.6 Å². The van der Waals surface area contributed by atoms with Crippen molar-refractivity contribution in [2.24, 2.45) is 5.14 Å². The van der Waals surface area contributed by atoms with Crippen LogP contribution in [-0.4, -0.2) is 58.5 Å². The zero-order valence-electron chi connectivity index (χ0n) is 18.8. The molecule has 0 aliphatic carbocycles. The van der Waals surface area contributed by atoms with E-state index in [1.165, 1.54) is 49.7 Å². The van der Waals surface area contributed by atoms with Gasteiger partial charge in [-0.25, -0.2) is 30.7 Å². The van der Waals surface area contributed by atoms with Crippen molar-refractivity contribution in [3.05, 3.63) is 52.2 Å². The molecule has 0 spiro atoms. The Kier molecular flexibility index (Phi) is 7.19. The highest BCUT2D eigenvalue weighted by molar-refractivity contribution is 7.89. The van der Waals surface area contributed by atoms with Gasteiger partial charge in [-0.2, -0.15) is 0 Å². The molecule has 1 aliphatic heterocycles. The zero-order valence-corrected chi connectivity index (χ0v) is 22.1. The Hall–Kier alpha value is -2.16. The summed E-state index contributed by atoms with van der Waals surface area (Å²) in [4.78, 5) is 1.63. The van der Waals surface area contributed by atoms with E-state index in [9.17, 15) is 21.2 Å². The Morgan fingerprint density at radius 2 is 1.77 bits per heavy atom. The molecular formula is C21H23ClFN5O4S3. The molecule has 1 aromatic heterocycles. The molecule has 2 heterocycles. The second-order valence-corrected chi connectivity index (χ2v) is 13.4. The first-order valence-corrected chi connectivity index (χ1v) is 14.7. The average molecular weight is 560 g/mol. The van der Waals surface area contributed by atoms with Crippen molar-refractivity contribution in [1.82, 2.24) is 14.5 Å². The third-order valence-corrected chi connectivity index (χ3v) is 9.94. The second kappa shape index (κ2) is 9.71. The lowest BCUT2D eigenvalue weighted by Crippen LogP contribution is -2.33. The Labute approximate surface area is 212 Å². The maximum atomic E-state index is 14.3. The number of primary sulfonamides is 1. The molecule has 188 valence electrons. The van der Waals surface area contributed by atoms with Crippen LogP contribution in [0.4, 0.5) is 10.1 Å². The molecule has 35 heavy (non-hydrogen) atoms. The van der Waals surface area contributed by atoms with Crippen LogP contribution in [0.25, 0.3) is 10.6 Å². The van der Waals surface area contributed by atoms with Crippen LogP contribution in [0.5, 0.6) is 0 Å². The number of nitrogens with two attached hydrogens (primary N) is 1. The summed E-state index contributed by atoms with van der Waals surface area (Å²) >= 11 is 7.04. The minimum Gasteiger partial charge on any atom is -0.369 e. The Bertz CT molecular complexity index is 1470. The first kappa shape index (κ1) is 25.9. The number of hydrogen-bond donors (Lipinski definition) is 1. The van der Waals surface area contributed by atoms with Crippen LogP contribution in [0.15, 0.2) is 46.2 Å². The van der Waals surface area contributed by atoms with Crippen molar-refractivity contribution in [2.75, 3.05) is 32.1 Å². The summed E-state index contributed by atoms with van der Waals surface area (Å²) in [6.45, 7) is 1.19. The molecule has 1 aliphatic rings. The van der Waals surface area contributed by atoms with Crippen molar-refractivity contribution in [3.63, 3.8) is 0 Å². The SMILES string of the molecule is CN(C)S(=O)(=O)c1ccc(S(N)(=O)=O)c(-c2nnc(C3CCN(c4ccc(Cl)cc4F)CC3)s2)c1. The summed E-state index contributed by atoms with van der Waals surface area (Å²) in [6.07, 6.45) is 1.38. The minimum atomic E-state index is -4.15. The van der Waals surface area contributed by atoms with Gasteiger partial charge in [-0.3, -0.25) is 0 Å². The highest BCUT2D eigenvalue weighted by atomic mass is 35.5. The van der Waals surface area contributed by atoms with Crippen molar-refractivity contribution >= 4 is 48.7 Å². The predicted octanol–water partition coefficient (Wildman–Crippen LogP) is 3.28. The average Bonchev–Trinajstić information content (AvgIpc) is 3.28. The molecule has 14 heteroatoms. The van der Waals surface area contributed by atoms with E-state index in [1.807, 2.05) is 4.90 Å². The summed E-state index contributed by atoms with van der Waals surface area (Å²) in [5.74, 6) is -0.336. The van der Waals surface area contributed by atoms with Crippen molar-refractivity contribution in [2.45, 2.75) is 28.6 Å². The number of sulfonamides is 2. The van der Waals surface area contributed by atoms with Gasteiger partial charge < -0.3 is 4.90 Å². The van der Waals surface area contributed by atoms with Crippen LogP contribution >= 0.6 is 22.9 Å². The van der Waals surface area contributed by atoms with Crippen LogP contribution in [-0.2, 0) is 20.0 Å². The van der Waals surface area contributed by atoms with Gasteiger partial charge in [0.2, 0.25) is 20.0 Å². The molecule has 1 fully saturated rings. The van der Waals surface area contributed by atoms with E-state index in [4.69, 9.17) is 16.7 Å². The quantitative estimate of drug-likeness (QED) is 0.491. The fourth-order valence-electron chi connectivity index (χ4n) is 3.91. The molecule has 9 nitrogen and oxygen atoms in total. The summed E-state index contributed by atoms with van der Waals surface area (Å²) in [5.41, 5.74) is 0.572. The molecule has 0 saturated carbocycles. The number of benzene rings is 2. The van der Waals surface area contributed by atoms with Crippen LogP contribution in [0.1, 0.15) is 23.8 Å². The van der Waals surface area contributed by atoms with Crippen LogP contribution in [0.3, 0.4) is 0 Å². The predicted molar refractivity (Wildman–Crippen MR) is 133 cm³/mol. The summed E-state index contributed by atoms with van der Waals surface area (Å²) in [7, 11) is -5.19. The number of rotatable bonds is 6. The van der Waals surface area contributed by atoms with Crippen LogP contribution < -0.4 is 10.0 Å². The molecule has 0 unspecified atom stereocenters. The maximum Gasteiger partial charge on any atom is 0.242 e. The molecule has 3 aromatic rings. The molecule has 0 atom stereocenters. The first-order valence-electron chi connectivity index (χ1n) is 10.5. The van der Waals surface area contributed by atoms with Gasteiger partial charge in [-0.05, 0) is 49.2 Å². The normalized spacial score (nSPS) is 15.7. The third-order valence-electron chi connectivity index (χ3n) is 5.80. The van der Waals surface area contributed by atoms with Gasteiger partial charge >= 0.3 is 0 Å². The Morgan fingerprint density at radius 1 is 1.09 bits per heavy atom. The van der Waals surface area contributed by atoms with Gasteiger partial charge in [0.05, 0.1) is 15.5 Å². The maximum absolute atomic E-state index is 14.3. The van der Waals surface area contributed by atoms with Gasteiger partial charge in [-0.1, -0.05) is 22.9 Å². The van der Waals surface area contributed by atoms with E-state index in [0.29, 0.717) is 41.6 Å². The zero-order chi connectivity index (χ0) is 25.5. The van der Waals surface area contributed by atoms with Gasteiger partial charge in [0.25, 0.3) is 0 Å². The van der Waals surface area contributed by atoms with E-state index >= 15 is 0 Å². The molecule has 0 amide bonds. The van der Waals surface area contributed by atoms with E-state index in [1.54, 1.807) is 12.1 Å². The lowest BCUT2D eigenvalue weighted by Gasteiger charge is -2.32. The molecule has 1 saturated heterocycles. The summed E-state index contributed by atoms with van der Waals surface area (Å²) < 4.78 is 64.9. The fourth-order valence-corrected chi connectivity index (χ4v) is 6.82. The lowest BCUT2D eigenvalue weighted by molar-refractivity contribution is 0.493. The molecule has 2 N–H and O–H groups in total. The van der Waals surface area contributed by atoms with E-state index in [0.717, 1.165) is 4.31 Å². The van der Waals surface area contributed by atoms with Crippen LogP contribution in [0, 0.1) is 5.82 Å².